The molecule has 1 heterocycles. The van der Waals surface area contributed by atoms with Gasteiger partial charge in [-0.2, -0.15) is 0 Å². The van der Waals surface area contributed by atoms with Crippen molar-refractivity contribution in [2.75, 3.05) is 5.73 Å². The molecule has 0 aliphatic rings. The van der Waals surface area contributed by atoms with E-state index in [1.165, 1.54) is 0 Å². The van der Waals surface area contributed by atoms with Crippen molar-refractivity contribution < 1.29 is 8.42 Å². The number of hydrogen-bond donors (Lipinski definition) is 3. The summed E-state index contributed by atoms with van der Waals surface area (Å²) in [5.41, 5.74) is 7.91. The topological polar surface area (TPSA) is 101 Å². The number of anilines is 1. The van der Waals surface area contributed by atoms with Gasteiger partial charge in [-0.05, 0) is 44.0 Å². The Balaban J connectivity index is 2.34. The Hall–Kier alpha value is -1.86. The third-order valence-electron chi connectivity index (χ3n) is 3.18. The standard InChI is InChI=1S/C13H18N4O2S/c1-8-6-11(14)12(7-9(8)2)20(18,19)17-10(3)13-15-4-5-16-13/h4-7,10,17H,14H2,1-3H3,(H,15,16). The molecule has 2 aromatic rings. The average molecular weight is 294 g/mol. The van der Waals surface area contributed by atoms with E-state index in [-0.39, 0.29) is 10.6 Å². The molecule has 1 atom stereocenters. The van der Waals surface area contributed by atoms with Crippen LogP contribution in [0, 0.1) is 13.8 Å². The third kappa shape index (κ3) is 2.83. The van der Waals surface area contributed by atoms with Crippen LogP contribution in [0.2, 0.25) is 0 Å². The molecule has 0 aliphatic carbocycles. The van der Waals surface area contributed by atoms with Crippen LogP contribution in [0.3, 0.4) is 0 Å². The molecule has 0 spiro atoms. The molecular weight excluding hydrogens is 276 g/mol. The highest BCUT2D eigenvalue weighted by atomic mass is 32.2. The molecule has 7 heteroatoms. The molecule has 0 fully saturated rings. The molecule has 0 saturated heterocycles. The smallest absolute Gasteiger partial charge is 0.243 e. The second-order valence-electron chi connectivity index (χ2n) is 4.79. The van der Waals surface area contributed by atoms with Crippen molar-refractivity contribution in [2.45, 2.75) is 31.7 Å². The van der Waals surface area contributed by atoms with Crippen LogP contribution in [0.25, 0.3) is 0 Å². The Bertz CT molecular complexity index is 708. The van der Waals surface area contributed by atoms with Gasteiger partial charge in [0.25, 0.3) is 0 Å². The Morgan fingerprint density at radius 2 is 1.95 bits per heavy atom. The summed E-state index contributed by atoms with van der Waals surface area (Å²) in [5.74, 6) is 0.552. The van der Waals surface area contributed by atoms with E-state index in [0.29, 0.717) is 5.82 Å². The van der Waals surface area contributed by atoms with Gasteiger partial charge in [0.15, 0.2) is 0 Å². The number of aromatic nitrogens is 2. The Kier molecular flexibility index (Phi) is 3.82. The van der Waals surface area contributed by atoms with E-state index in [1.807, 2.05) is 13.8 Å². The summed E-state index contributed by atoms with van der Waals surface area (Å²) in [6, 6.07) is 2.79. The van der Waals surface area contributed by atoms with Gasteiger partial charge in [-0.25, -0.2) is 18.1 Å². The first-order valence-electron chi connectivity index (χ1n) is 6.19. The van der Waals surface area contributed by atoms with Crippen LogP contribution >= 0.6 is 0 Å². The lowest BCUT2D eigenvalue weighted by Crippen LogP contribution is -2.28. The predicted molar refractivity (Wildman–Crippen MR) is 77.7 cm³/mol. The highest BCUT2D eigenvalue weighted by molar-refractivity contribution is 7.89. The van der Waals surface area contributed by atoms with Crippen LogP contribution in [-0.4, -0.2) is 18.4 Å². The first kappa shape index (κ1) is 14.5. The maximum atomic E-state index is 12.4. The molecule has 0 saturated carbocycles. The number of sulfonamides is 1. The number of nitrogens with zero attached hydrogens (tertiary/aromatic N) is 1. The van der Waals surface area contributed by atoms with Crippen LogP contribution in [-0.2, 0) is 10.0 Å². The summed E-state index contributed by atoms with van der Waals surface area (Å²) >= 11 is 0. The van der Waals surface area contributed by atoms with Crippen molar-refractivity contribution in [3.05, 3.63) is 41.5 Å². The van der Waals surface area contributed by atoms with Gasteiger partial charge < -0.3 is 10.7 Å². The Morgan fingerprint density at radius 1 is 1.30 bits per heavy atom. The fourth-order valence-corrected chi connectivity index (χ4v) is 3.32. The molecule has 0 amide bonds. The number of H-pyrrole nitrogens is 1. The lowest BCUT2D eigenvalue weighted by molar-refractivity contribution is 0.561. The number of rotatable bonds is 4. The summed E-state index contributed by atoms with van der Waals surface area (Å²) < 4.78 is 27.3. The zero-order valence-electron chi connectivity index (χ0n) is 11.6. The van der Waals surface area contributed by atoms with Crippen LogP contribution < -0.4 is 10.5 Å². The molecule has 6 nitrogen and oxygen atoms in total. The molecule has 108 valence electrons. The first-order valence-corrected chi connectivity index (χ1v) is 7.68. The average Bonchev–Trinajstić information content (AvgIpc) is 2.86. The summed E-state index contributed by atoms with van der Waals surface area (Å²) in [6.45, 7) is 5.46. The molecule has 2 rings (SSSR count). The van der Waals surface area contributed by atoms with Crippen LogP contribution in [0.4, 0.5) is 5.69 Å². The second-order valence-corrected chi connectivity index (χ2v) is 6.47. The summed E-state index contributed by atoms with van der Waals surface area (Å²) in [6.07, 6.45) is 3.22. The van der Waals surface area contributed by atoms with Crippen LogP contribution in [0.5, 0.6) is 0 Å². The number of nitrogen functional groups attached to an aromatic ring is 1. The highest BCUT2D eigenvalue weighted by Crippen LogP contribution is 2.24. The molecule has 1 unspecified atom stereocenters. The lowest BCUT2D eigenvalue weighted by atomic mass is 10.1. The number of imidazole rings is 1. The maximum Gasteiger partial charge on any atom is 0.243 e. The van der Waals surface area contributed by atoms with Gasteiger partial charge in [0, 0.05) is 12.4 Å². The van der Waals surface area contributed by atoms with Gasteiger partial charge in [-0.15, -0.1) is 0 Å². The summed E-state index contributed by atoms with van der Waals surface area (Å²) in [4.78, 5) is 7.01. The van der Waals surface area contributed by atoms with Crippen LogP contribution in [0.1, 0.15) is 29.9 Å². The fourth-order valence-electron chi connectivity index (χ4n) is 1.91. The molecule has 0 bridgehead atoms. The van der Waals surface area contributed by atoms with Crippen molar-refractivity contribution in [3.63, 3.8) is 0 Å². The molecule has 1 aromatic carbocycles. The molecule has 0 radical (unpaired) electrons. The lowest BCUT2D eigenvalue weighted by Gasteiger charge is -2.15. The molecular formula is C13H18N4O2S. The van der Waals surface area contributed by atoms with Crippen molar-refractivity contribution in [1.82, 2.24) is 14.7 Å². The molecule has 1 aromatic heterocycles. The first-order chi connectivity index (χ1) is 9.31. The van der Waals surface area contributed by atoms with E-state index >= 15 is 0 Å². The van der Waals surface area contributed by atoms with Gasteiger partial charge in [0.1, 0.15) is 10.7 Å². The zero-order valence-corrected chi connectivity index (χ0v) is 12.5. The van der Waals surface area contributed by atoms with Gasteiger partial charge in [-0.1, -0.05) is 0 Å². The number of nitrogens with one attached hydrogen (secondary N) is 2. The number of hydrogen-bond acceptors (Lipinski definition) is 4. The predicted octanol–water partition coefficient (Wildman–Crippen LogP) is 1.65. The number of benzene rings is 1. The molecule has 20 heavy (non-hydrogen) atoms. The van der Waals surface area contributed by atoms with Gasteiger partial charge in [0.2, 0.25) is 10.0 Å². The van der Waals surface area contributed by atoms with E-state index in [0.717, 1.165) is 11.1 Å². The van der Waals surface area contributed by atoms with Crippen LogP contribution in [0.15, 0.2) is 29.4 Å². The van der Waals surface area contributed by atoms with E-state index in [1.54, 1.807) is 31.5 Å². The van der Waals surface area contributed by atoms with E-state index < -0.39 is 16.1 Å². The monoisotopic (exact) mass is 294 g/mol. The van der Waals surface area contributed by atoms with Gasteiger partial charge in [-0.3, -0.25) is 0 Å². The summed E-state index contributed by atoms with van der Waals surface area (Å²) in [7, 11) is -3.69. The minimum Gasteiger partial charge on any atom is -0.398 e. The Morgan fingerprint density at radius 3 is 2.55 bits per heavy atom. The van der Waals surface area contributed by atoms with Crippen molar-refractivity contribution in [2.24, 2.45) is 0 Å². The SMILES string of the molecule is Cc1cc(N)c(S(=O)(=O)NC(C)c2ncc[nH]2)cc1C. The molecule has 4 N–H and O–H groups in total. The third-order valence-corrected chi connectivity index (χ3v) is 4.77. The van der Waals surface area contributed by atoms with Gasteiger partial charge in [0.05, 0.1) is 11.7 Å². The zero-order chi connectivity index (χ0) is 14.9. The second kappa shape index (κ2) is 5.26. The largest absolute Gasteiger partial charge is 0.398 e. The summed E-state index contributed by atoms with van der Waals surface area (Å²) in [5, 5.41) is 0. The number of aromatic amines is 1. The minimum atomic E-state index is -3.69. The minimum absolute atomic E-state index is 0.0963. The quantitative estimate of drug-likeness (QED) is 0.746. The maximum absolute atomic E-state index is 12.4. The Labute approximate surface area is 118 Å². The van der Waals surface area contributed by atoms with Gasteiger partial charge >= 0.3 is 0 Å². The normalized spacial score (nSPS) is 13.3. The number of nitrogens with two attached hydrogens (primary N) is 1. The van der Waals surface area contributed by atoms with Crippen molar-refractivity contribution >= 4 is 15.7 Å². The fraction of sp³-hybridized carbons (Fsp3) is 0.308. The van der Waals surface area contributed by atoms with E-state index in [9.17, 15) is 8.42 Å². The highest BCUT2D eigenvalue weighted by Gasteiger charge is 2.22. The molecule has 0 aliphatic heterocycles. The van der Waals surface area contributed by atoms with Crippen molar-refractivity contribution in [3.8, 4) is 0 Å². The van der Waals surface area contributed by atoms with E-state index in [4.69, 9.17) is 5.73 Å². The number of aryl methyl sites for hydroxylation is 2. The van der Waals surface area contributed by atoms with E-state index in [2.05, 4.69) is 14.7 Å². The van der Waals surface area contributed by atoms with Crippen molar-refractivity contribution in [1.29, 1.82) is 0 Å².